The summed E-state index contributed by atoms with van der Waals surface area (Å²) in [6, 6.07) is 11.9. The number of hydrogen-bond acceptors (Lipinski definition) is 4. The van der Waals surface area contributed by atoms with E-state index in [4.69, 9.17) is 4.74 Å². The van der Waals surface area contributed by atoms with Gasteiger partial charge in [0.1, 0.15) is 10.6 Å². The number of amides is 1. The monoisotopic (exact) mass is 486 g/mol. The van der Waals surface area contributed by atoms with Crippen LogP contribution in [0.15, 0.2) is 47.4 Å². The lowest BCUT2D eigenvalue weighted by atomic mass is 10.2. The summed E-state index contributed by atoms with van der Waals surface area (Å²) >= 11 is 2.13. The molecular weight excluding hydrogens is 467 g/mol. The van der Waals surface area contributed by atoms with Crippen LogP contribution in [0.4, 0.5) is 5.69 Å². The zero-order valence-corrected chi connectivity index (χ0v) is 17.2. The SMILES string of the molecule is COc1ccc(C(=O)Nc2ccccc2I)cc1S(=O)(=O)N1CCCC1. The Hall–Kier alpha value is -1.65. The zero-order chi connectivity index (χ0) is 18.7. The maximum Gasteiger partial charge on any atom is 0.255 e. The highest BCUT2D eigenvalue weighted by atomic mass is 127. The Labute approximate surface area is 166 Å². The highest BCUT2D eigenvalue weighted by molar-refractivity contribution is 14.1. The van der Waals surface area contributed by atoms with Gasteiger partial charge >= 0.3 is 0 Å². The van der Waals surface area contributed by atoms with Crippen molar-refractivity contribution in [3.63, 3.8) is 0 Å². The van der Waals surface area contributed by atoms with Gasteiger partial charge in [-0.1, -0.05) is 12.1 Å². The van der Waals surface area contributed by atoms with Gasteiger partial charge in [-0.25, -0.2) is 8.42 Å². The number of anilines is 1. The third kappa shape index (κ3) is 3.86. The normalized spacial score (nSPS) is 15.0. The minimum Gasteiger partial charge on any atom is -0.495 e. The molecule has 1 amide bonds. The van der Waals surface area contributed by atoms with Crippen LogP contribution >= 0.6 is 22.6 Å². The molecule has 1 fully saturated rings. The van der Waals surface area contributed by atoms with Gasteiger partial charge in [0.05, 0.1) is 12.8 Å². The maximum absolute atomic E-state index is 12.9. The Morgan fingerprint density at radius 1 is 1.15 bits per heavy atom. The van der Waals surface area contributed by atoms with Crippen molar-refractivity contribution in [2.75, 3.05) is 25.5 Å². The molecule has 0 unspecified atom stereocenters. The fourth-order valence-electron chi connectivity index (χ4n) is 2.84. The number of rotatable bonds is 5. The third-order valence-corrected chi connectivity index (χ3v) is 7.09. The van der Waals surface area contributed by atoms with E-state index in [1.165, 1.54) is 23.5 Å². The lowest BCUT2D eigenvalue weighted by Gasteiger charge is -2.18. The topological polar surface area (TPSA) is 75.7 Å². The number of methoxy groups -OCH3 is 1. The number of carbonyl (C=O) groups is 1. The first-order valence-electron chi connectivity index (χ1n) is 8.17. The maximum atomic E-state index is 12.9. The molecule has 0 aliphatic carbocycles. The van der Waals surface area contributed by atoms with Gasteiger partial charge < -0.3 is 10.1 Å². The molecule has 26 heavy (non-hydrogen) atoms. The van der Waals surface area contributed by atoms with Gasteiger partial charge in [0, 0.05) is 22.2 Å². The number of benzene rings is 2. The van der Waals surface area contributed by atoms with E-state index in [0.717, 1.165) is 16.4 Å². The molecule has 1 heterocycles. The molecule has 0 bridgehead atoms. The molecule has 0 radical (unpaired) electrons. The third-order valence-electron chi connectivity index (χ3n) is 4.23. The summed E-state index contributed by atoms with van der Waals surface area (Å²) in [6.07, 6.45) is 1.68. The molecule has 2 aromatic carbocycles. The molecule has 138 valence electrons. The molecule has 1 aliphatic heterocycles. The summed E-state index contributed by atoms with van der Waals surface area (Å²) in [5, 5.41) is 2.82. The molecule has 0 saturated carbocycles. The first-order valence-corrected chi connectivity index (χ1v) is 10.7. The van der Waals surface area contributed by atoms with Crippen molar-refractivity contribution in [1.82, 2.24) is 4.31 Å². The smallest absolute Gasteiger partial charge is 0.255 e. The fraction of sp³-hybridized carbons (Fsp3) is 0.278. The molecule has 8 heteroatoms. The van der Waals surface area contributed by atoms with E-state index in [1.54, 1.807) is 12.1 Å². The Balaban J connectivity index is 1.94. The van der Waals surface area contributed by atoms with Crippen LogP contribution in [0.5, 0.6) is 5.75 Å². The van der Waals surface area contributed by atoms with Crippen molar-refractivity contribution in [1.29, 1.82) is 0 Å². The zero-order valence-electron chi connectivity index (χ0n) is 14.2. The van der Waals surface area contributed by atoms with E-state index in [9.17, 15) is 13.2 Å². The molecule has 6 nitrogen and oxygen atoms in total. The lowest BCUT2D eigenvalue weighted by molar-refractivity contribution is 0.102. The summed E-state index contributed by atoms with van der Waals surface area (Å²) in [4.78, 5) is 12.6. The van der Waals surface area contributed by atoms with Gasteiger partial charge in [0.25, 0.3) is 5.91 Å². The van der Waals surface area contributed by atoms with Crippen LogP contribution in [-0.4, -0.2) is 38.8 Å². The predicted octanol–water partition coefficient (Wildman–Crippen LogP) is 3.34. The standard InChI is InChI=1S/C18H19IN2O4S/c1-25-16-9-8-13(18(22)20-15-7-3-2-6-14(15)19)12-17(16)26(23,24)21-10-4-5-11-21/h2-3,6-9,12H,4-5,10-11H2,1H3,(H,20,22). The summed E-state index contributed by atoms with van der Waals surface area (Å²) < 4.78 is 33.4. The highest BCUT2D eigenvalue weighted by Gasteiger charge is 2.30. The molecule has 1 aliphatic rings. The van der Waals surface area contributed by atoms with Crippen molar-refractivity contribution >= 4 is 44.2 Å². The summed E-state index contributed by atoms with van der Waals surface area (Å²) in [7, 11) is -2.27. The van der Waals surface area contributed by atoms with Crippen LogP contribution in [0.1, 0.15) is 23.2 Å². The first-order chi connectivity index (χ1) is 12.4. The van der Waals surface area contributed by atoms with E-state index in [1.807, 2.05) is 18.2 Å². The van der Waals surface area contributed by atoms with Gasteiger partial charge in [0.15, 0.2) is 0 Å². The average molecular weight is 486 g/mol. The summed E-state index contributed by atoms with van der Waals surface area (Å²) in [6.45, 7) is 0.980. The van der Waals surface area contributed by atoms with Gasteiger partial charge in [0.2, 0.25) is 10.0 Å². The van der Waals surface area contributed by atoms with Crippen LogP contribution in [0.25, 0.3) is 0 Å². The Morgan fingerprint density at radius 3 is 2.50 bits per heavy atom. The Morgan fingerprint density at radius 2 is 1.85 bits per heavy atom. The number of sulfonamides is 1. The van der Waals surface area contributed by atoms with Crippen molar-refractivity contribution in [2.45, 2.75) is 17.7 Å². The quantitative estimate of drug-likeness (QED) is 0.659. The molecule has 1 N–H and O–H groups in total. The number of hydrogen-bond donors (Lipinski definition) is 1. The number of nitrogens with one attached hydrogen (secondary N) is 1. The van der Waals surface area contributed by atoms with Gasteiger partial charge in [-0.3, -0.25) is 4.79 Å². The predicted molar refractivity (Wildman–Crippen MR) is 108 cm³/mol. The second-order valence-corrected chi connectivity index (χ2v) is 8.98. The van der Waals surface area contributed by atoms with E-state index in [0.29, 0.717) is 18.8 Å². The van der Waals surface area contributed by atoms with Crippen LogP contribution in [0.2, 0.25) is 0 Å². The van der Waals surface area contributed by atoms with E-state index in [-0.39, 0.29) is 22.1 Å². The largest absolute Gasteiger partial charge is 0.495 e. The molecule has 0 atom stereocenters. The van der Waals surface area contributed by atoms with Crippen molar-refractivity contribution < 1.29 is 17.9 Å². The van der Waals surface area contributed by atoms with Gasteiger partial charge in [-0.15, -0.1) is 0 Å². The van der Waals surface area contributed by atoms with Gasteiger partial charge in [-0.2, -0.15) is 4.31 Å². The average Bonchev–Trinajstić information content (AvgIpc) is 3.18. The number of ether oxygens (including phenoxy) is 1. The lowest BCUT2D eigenvalue weighted by Crippen LogP contribution is -2.28. The van der Waals surface area contributed by atoms with E-state index >= 15 is 0 Å². The minimum absolute atomic E-state index is 0.0253. The number of halogens is 1. The van der Waals surface area contributed by atoms with E-state index < -0.39 is 10.0 Å². The molecule has 0 spiro atoms. The van der Waals surface area contributed by atoms with Crippen molar-refractivity contribution in [3.8, 4) is 5.75 Å². The Bertz CT molecular complexity index is 925. The Kier molecular flexibility index (Phi) is 5.83. The molecule has 2 aromatic rings. The second-order valence-electron chi connectivity index (χ2n) is 5.91. The number of carbonyl (C=O) groups excluding carboxylic acids is 1. The van der Waals surface area contributed by atoms with Crippen LogP contribution in [0, 0.1) is 3.57 Å². The number of nitrogens with zero attached hydrogens (tertiary/aromatic N) is 1. The van der Waals surface area contributed by atoms with Crippen LogP contribution in [0.3, 0.4) is 0 Å². The summed E-state index contributed by atoms with van der Waals surface area (Å²) in [5.74, 6) is -0.127. The molecule has 0 aromatic heterocycles. The number of para-hydroxylation sites is 1. The van der Waals surface area contributed by atoms with E-state index in [2.05, 4.69) is 27.9 Å². The fourth-order valence-corrected chi connectivity index (χ4v) is 5.06. The molecular formula is C18H19IN2O4S. The van der Waals surface area contributed by atoms with Crippen LogP contribution < -0.4 is 10.1 Å². The summed E-state index contributed by atoms with van der Waals surface area (Å²) in [5.41, 5.74) is 0.945. The minimum atomic E-state index is -3.69. The molecule has 3 rings (SSSR count). The second kappa shape index (κ2) is 7.93. The van der Waals surface area contributed by atoms with Gasteiger partial charge in [-0.05, 0) is 65.8 Å². The van der Waals surface area contributed by atoms with Crippen LogP contribution in [-0.2, 0) is 10.0 Å². The van der Waals surface area contributed by atoms with Crippen molar-refractivity contribution in [2.24, 2.45) is 0 Å². The van der Waals surface area contributed by atoms with Crippen molar-refractivity contribution in [3.05, 3.63) is 51.6 Å². The highest BCUT2D eigenvalue weighted by Crippen LogP contribution is 2.30. The first kappa shape index (κ1) is 19.1. The molecule has 1 saturated heterocycles.